The van der Waals surface area contributed by atoms with Crippen LogP contribution in [0.1, 0.15) is 15.9 Å². The first-order valence-corrected chi connectivity index (χ1v) is 10.7. The third kappa shape index (κ3) is 4.41. The number of aromatic amines is 1. The van der Waals surface area contributed by atoms with E-state index in [4.69, 9.17) is 17.3 Å². The first-order valence-electron chi connectivity index (χ1n) is 8.82. The van der Waals surface area contributed by atoms with Crippen LogP contribution in [0.25, 0.3) is 12.7 Å². The summed E-state index contributed by atoms with van der Waals surface area (Å²) in [5, 5.41) is 0.402. The van der Waals surface area contributed by atoms with E-state index in [1.807, 2.05) is 4.72 Å². The van der Waals surface area contributed by atoms with Gasteiger partial charge in [0.15, 0.2) is 5.82 Å². The summed E-state index contributed by atoms with van der Waals surface area (Å²) in [6.07, 6.45) is 3.49. The lowest BCUT2D eigenvalue weighted by molar-refractivity contribution is 0.103. The topological polar surface area (TPSA) is 105 Å². The zero-order valence-electron chi connectivity index (χ0n) is 16.1. The molecule has 0 atom stereocenters. The standard InChI is InChI=1S/C21H15ClF3N3O3S/c1-11-13(8-12(22)9-26)14(10-27-11)21(29)19-16(24)6-7-17(20(19)25)28-32(30,31)18-5-3-2-4-15(18)23/h2-10,27-28H,1,26H2/b12-9+,13-8+. The number of halogens is 4. The molecule has 0 radical (unpaired) electrons. The number of benzene rings is 2. The van der Waals surface area contributed by atoms with Gasteiger partial charge in [-0.25, -0.2) is 21.6 Å². The van der Waals surface area contributed by atoms with Crippen LogP contribution in [0.3, 0.4) is 0 Å². The Balaban J connectivity index is 2.11. The molecule has 0 amide bonds. The highest BCUT2D eigenvalue weighted by atomic mass is 35.5. The van der Waals surface area contributed by atoms with Gasteiger partial charge in [-0.3, -0.25) is 9.52 Å². The van der Waals surface area contributed by atoms with Crippen molar-refractivity contribution in [2.45, 2.75) is 4.90 Å². The van der Waals surface area contributed by atoms with Crippen LogP contribution < -0.4 is 21.0 Å². The van der Waals surface area contributed by atoms with E-state index < -0.39 is 49.4 Å². The number of carbonyl (C=O) groups is 1. The summed E-state index contributed by atoms with van der Waals surface area (Å²) >= 11 is 5.85. The first kappa shape index (κ1) is 23.2. The summed E-state index contributed by atoms with van der Waals surface area (Å²) < 4.78 is 70.3. The van der Waals surface area contributed by atoms with Gasteiger partial charge in [-0.15, -0.1) is 0 Å². The maximum Gasteiger partial charge on any atom is 0.264 e. The summed E-state index contributed by atoms with van der Waals surface area (Å²) in [5.41, 5.74) is 3.36. The molecule has 0 aliphatic carbocycles. The summed E-state index contributed by atoms with van der Waals surface area (Å²) in [6.45, 7) is 3.68. The van der Waals surface area contributed by atoms with Gasteiger partial charge in [-0.2, -0.15) is 0 Å². The van der Waals surface area contributed by atoms with Gasteiger partial charge in [-0.1, -0.05) is 30.3 Å². The predicted octanol–water partition coefficient (Wildman–Crippen LogP) is 2.69. The minimum absolute atomic E-state index is 0.0379. The average molecular weight is 482 g/mol. The molecule has 0 aliphatic heterocycles. The predicted molar refractivity (Wildman–Crippen MR) is 115 cm³/mol. The van der Waals surface area contributed by atoms with Gasteiger partial charge in [0.1, 0.15) is 16.5 Å². The van der Waals surface area contributed by atoms with E-state index in [2.05, 4.69) is 11.6 Å². The Bertz CT molecular complexity index is 1470. The van der Waals surface area contributed by atoms with Crippen molar-refractivity contribution in [3.63, 3.8) is 0 Å². The van der Waals surface area contributed by atoms with Crippen LogP contribution in [0.4, 0.5) is 18.9 Å². The van der Waals surface area contributed by atoms with Gasteiger partial charge in [0, 0.05) is 28.5 Å². The molecular weight excluding hydrogens is 467 g/mol. The molecule has 0 aliphatic rings. The van der Waals surface area contributed by atoms with E-state index in [0.717, 1.165) is 24.4 Å². The molecule has 0 fully saturated rings. The van der Waals surface area contributed by atoms with Crippen molar-refractivity contribution in [1.82, 2.24) is 4.98 Å². The Kier molecular flexibility index (Phi) is 6.47. The average Bonchev–Trinajstić information content (AvgIpc) is 3.10. The third-order valence-corrected chi connectivity index (χ3v) is 6.01. The number of ketones is 1. The number of carbonyl (C=O) groups excluding carboxylic acids is 1. The highest BCUT2D eigenvalue weighted by Crippen LogP contribution is 2.26. The Morgan fingerprint density at radius 1 is 1.12 bits per heavy atom. The Morgan fingerprint density at radius 3 is 2.47 bits per heavy atom. The van der Waals surface area contributed by atoms with Gasteiger partial charge < -0.3 is 10.7 Å². The molecule has 0 saturated heterocycles. The van der Waals surface area contributed by atoms with Crippen molar-refractivity contribution in [2.24, 2.45) is 5.73 Å². The van der Waals surface area contributed by atoms with E-state index in [1.54, 1.807) is 0 Å². The van der Waals surface area contributed by atoms with Gasteiger partial charge in [0.25, 0.3) is 10.0 Å². The number of rotatable bonds is 6. The van der Waals surface area contributed by atoms with E-state index in [-0.39, 0.29) is 21.2 Å². The van der Waals surface area contributed by atoms with E-state index in [1.165, 1.54) is 24.4 Å². The van der Waals surface area contributed by atoms with Crippen molar-refractivity contribution < 1.29 is 26.4 Å². The van der Waals surface area contributed by atoms with Crippen molar-refractivity contribution in [2.75, 3.05) is 4.72 Å². The first-order chi connectivity index (χ1) is 15.1. The lowest BCUT2D eigenvalue weighted by atomic mass is 10.0. The molecule has 1 aromatic heterocycles. The van der Waals surface area contributed by atoms with Crippen LogP contribution in [-0.4, -0.2) is 19.2 Å². The zero-order valence-corrected chi connectivity index (χ0v) is 17.7. The van der Waals surface area contributed by atoms with Gasteiger partial charge >= 0.3 is 0 Å². The fourth-order valence-electron chi connectivity index (χ4n) is 2.85. The summed E-state index contributed by atoms with van der Waals surface area (Å²) in [7, 11) is -4.57. The summed E-state index contributed by atoms with van der Waals surface area (Å²) in [4.78, 5) is 14.9. The second-order valence-electron chi connectivity index (χ2n) is 6.44. The molecule has 166 valence electrons. The maximum absolute atomic E-state index is 15.1. The number of nitrogens with two attached hydrogens (primary N) is 1. The molecule has 0 saturated carbocycles. The van der Waals surface area contributed by atoms with E-state index in [0.29, 0.717) is 6.07 Å². The molecule has 6 nitrogen and oxygen atoms in total. The van der Waals surface area contributed by atoms with Gasteiger partial charge in [-0.05, 0) is 30.3 Å². The van der Waals surface area contributed by atoms with Crippen LogP contribution in [-0.2, 0) is 10.0 Å². The zero-order chi connectivity index (χ0) is 23.6. The molecule has 0 bridgehead atoms. The second kappa shape index (κ2) is 8.93. The lowest BCUT2D eigenvalue weighted by Gasteiger charge is -2.12. The lowest BCUT2D eigenvalue weighted by Crippen LogP contribution is -2.27. The molecular formula is C21H15ClF3N3O3S. The van der Waals surface area contributed by atoms with Crippen molar-refractivity contribution in [3.8, 4) is 0 Å². The third-order valence-electron chi connectivity index (χ3n) is 4.38. The number of sulfonamides is 1. The van der Waals surface area contributed by atoms with Crippen molar-refractivity contribution >= 4 is 45.7 Å². The smallest absolute Gasteiger partial charge is 0.264 e. The minimum Gasteiger partial charge on any atom is -0.403 e. The van der Waals surface area contributed by atoms with Crippen LogP contribution in [0.15, 0.2) is 58.7 Å². The fraction of sp³-hybridized carbons (Fsp3) is 0. The molecule has 0 spiro atoms. The maximum atomic E-state index is 15.1. The summed E-state index contributed by atoms with van der Waals surface area (Å²) in [5.74, 6) is -4.89. The quantitative estimate of drug-likeness (QED) is 0.471. The van der Waals surface area contributed by atoms with E-state index >= 15 is 4.39 Å². The molecule has 32 heavy (non-hydrogen) atoms. The number of nitrogens with one attached hydrogen (secondary N) is 2. The normalized spacial score (nSPS) is 12.8. The number of H-pyrrole nitrogens is 1. The number of hydrogen-bond donors (Lipinski definition) is 3. The van der Waals surface area contributed by atoms with Crippen LogP contribution in [0.5, 0.6) is 0 Å². The second-order valence-corrected chi connectivity index (χ2v) is 8.53. The molecule has 3 aromatic rings. The van der Waals surface area contributed by atoms with Crippen LogP contribution in [0, 0.1) is 17.5 Å². The Labute approximate surface area is 185 Å². The SMILES string of the molecule is C=c1[nH]cc(C(=O)c2c(F)ccc(NS(=O)(=O)c3ccccc3F)c2F)/c1=C/C(Cl)=C\N. The van der Waals surface area contributed by atoms with Crippen molar-refractivity contribution in [3.05, 3.63) is 93.0 Å². The van der Waals surface area contributed by atoms with Gasteiger partial charge in [0.05, 0.1) is 16.3 Å². The fourth-order valence-corrected chi connectivity index (χ4v) is 4.10. The van der Waals surface area contributed by atoms with Gasteiger partial charge in [0.2, 0.25) is 5.78 Å². The molecule has 11 heteroatoms. The number of anilines is 1. The minimum atomic E-state index is -4.57. The Morgan fingerprint density at radius 2 is 1.81 bits per heavy atom. The van der Waals surface area contributed by atoms with Crippen LogP contribution in [0.2, 0.25) is 0 Å². The highest BCUT2D eigenvalue weighted by Gasteiger charge is 2.26. The highest BCUT2D eigenvalue weighted by molar-refractivity contribution is 7.92. The number of allylic oxidation sites excluding steroid dienone is 1. The largest absolute Gasteiger partial charge is 0.403 e. The monoisotopic (exact) mass is 481 g/mol. The molecule has 0 unspecified atom stereocenters. The Hall–Kier alpha value is -3.50. The molecule has 4 N–H and O–H groups in total. The molecule has 2 aromatic carbocycles. The number of hydrogen-bond acceptors (Lipinski definition) is 4. The van der Waals surface area contributed by atoms with Crippen LogP contribution >= 0.6 is 11.6 Å². The van der Waals surface area contributed by atoms with E-state index in [9.17, 15) is 22.0 Å². The number of aromatic nitrogens is 1. The molecule has 1 heterocycles. The van der Waals surface area contributed by atoms with Crippen molar-refractivity contribution in [1.29, 1.82) is 0 Å². The summed E-state index contributed by atoms with van der Waals surface area (Å²) in [6, 6.07) is 5.92. The molecule has 3 rings (SSSR count).